The molecule has 17 heavy (non-hydrogen) atoms. The van der Waals surface area contributed by atoms with Gasteiger partial charge in [0.25, 0.3) is 0 Å². The summed E-state index contributed by atoms with van der Waals surface area (Å²) in [5.41, 5.74) is 0.898. The monoisotopic (exact) mass is 234 g/mol. The fourth-order valence-electron chi connectivity index (χ4n) is 2.06. The van der Waals surface area contributed by atoms with Crippen LogP contribution in [0, 0.1) is 0 Å². The van der Waals surface area contributed by atoms with Crippen LogP contribution in [0.25, 0.3) is 0 Å². The molecule has 0 aromatic carbocycles. The van der Waals surface area contributed by atoms with Crippen LogP contribution in [-0.4, -0.2) is 10.9 Å². The van der Waals surface area contributed by atoms with E-state index in [9.17, 15) is 4.79 Å². The van der Waals surface area contributed by atoms with Gasteiger partial charge in [-0.25, -0.2) is 4.98 Å². The lowest BCUT2D eigenvalue weighted by atomic mass is 9.97. The summed E-state index contributed by atoms with van der Waals surface area (Å²) in [6.07, 6.45) is 4.13. The Balaban J connectivity index is 2.24. The van der Waals surface area contributed by atoms with Crippen LogP contribution >= 0.6 is 0 Å². The van der Waals surface area contributed by atoms with E-state index in [4.69, 9.17) is 4.42 Å². The average Bonchev–Trinajstić information content (AvgIpc) is 2.74. The second kappa shape index (κ2) is 4.73. The molecule has 1 aliphatic rings. The maximum Gasteiger partial charge on any atom is 0.243 e. The van der Waals surface area contributed by atoms with Crippen molar-refractivity contribution in [1.29, 1.82) is 0 Å². The van der Waals surface area contributed by atoms with E-state index in [-0.39, 0.29) is 17.9 Å². The minimum absolute atomic E-state index is 0.0273. The van der Waals surface area contributed by atoms with Gasteiger partial charge in [0, 0.05) is 12.3 Å². The number of nitrogens with one attached hydrogen (secondary N) is 1. The van der Waals surface area contributed by atoms with Crippen LogP contribution in [-0.2, 0) is 11.2 Å². The van der Waals surface area contributed by atoms with Gasteiger partial charge >= 0.3 is 0 Å². The van der Waals surface area contributed by atoms with E-state index in [2.05, 4.69) is 30.7 Å². The van der Waals surface area contributed by atoms with Crippen LogP contribution in [0.2, 0.25) is 0 Å². The molecular formula is C13H18N2O2. The summed E-state index contributed by atoms with van der Waals surface area (Å²) in [6.45, 7) is 7.56. The Morgan fingerprint density at radius 2 is 2.41 bits per heavy atom. The Hall–Kier alpha value is -1.58. The molecule has 1 aliphatic carbocycles. The summed E-state index contributed by atoms with van der Waals surface area (Å²) in [5, 5.41) is 2.90. The van der Waals surface area contributed by atoms with Gasteiger partial charge in [0.2, 0.25) is 5.91 Å². The third kappa shape index (κ3) is 2.40. The Bertz CT molecular complexity index is 435. The van der Waals surface area contributed by atoms with E-state index in [1.807, 2.05) is 0 Å². The van der Waals surface area contributed by atoms with E-state index in [1.165, 1.54) is 6.08 Å². The van der Waals surface area contributed by atoms with Gasteiger partial charge < -0.3 is 9.73 Å². The highest BCUT2D eigenvalue weighted by atomic mass is 16.4. The highest BCUT2D eigenvalue weighted by molar-refractivity contribution is 5.87. The van der Waals surface area contributed by atoms with E-state index in [0.717, 1.165) is 36.6 Å². The lowest BCUT2D eigenvalue weighted by molar-refractivity contribution is -0.117. The summed E-state index contributed by atoms with van der Waals surface area (Å²) in [7, 11) is 0. The zero-order valence-corrected chi connectivity index (χ0v) is 10.3. The second-order valence-electron chi connectivity index (χ2n) is 4.67. The van der Waals surface area contributed by atoms with Crippen LogP contribution in [0.4, 0.5) is 0 Å². The number of carbonyl (C=O) groups excluding carboxylic acids is 1. The summed E-state index contributed by atoms with van der Waals surface area (Å²) in [6, 6.07) is -0.0273. The molecule has 2 rings (SSSR count). The fourth-order valence-corrected chi connectivity index (χ4v) is 2.06. The zero-order valence-electron chi connectivity index (χ0n) is 10.3. The van der Waals surface area contributed by atoms with Crippen molar-refractivity contribution in [3.63, 3.8) is 0 Å². The summed E-state index contributed by atoms with van der Waals surface area (Å²) in [5.74, 6) is 1.80. The van der Waals surface area contributed by atoms with Crippen molar-refractivity contribution in [3.8, 4) is 0 Å². The van der Waals surface area contributed by atoms with Crippen LogP contribution in [0.3, 0.4) is 0 Å². The van der Waals surface area contributed by atoms with Gasteiger partial charge in [-0.3, -0.25) is 4.79 Å². The van der Waals surface area contributed by atoms with Crippen molar-refractivity contribution in [3.05, 3.63) is 30.0 Å². The standard InChI is InChI=1S/C13H18N2O2/c1-4-11(16)14-9-6-5-7-10-12(9)15-13(17-10)8(2)3/h4,8-9H,1,5-7H2,2-3H3,(H,14,16). The summed E-state index contributed by atoms with van der Waals surface area (Å²) >= 11 is 0. The normalized spacial score (nSPS) is 18.9. The molecule has 0 bridgehead atoms. The highest BCUT2D eigenvalue weighted by Crippen LogP contribution is 2.31. The molecule has 4 nitrogen and oxygen atoms in total. The minimum atomic E-state index is -0.156. The van der Waals surface area contributed by atoms with Crippen molar-refractivity contribution in [2.24, 2.45) is 0 Å². The Kier molecular flexibility index (Phi) is 3.31. The number of hydrogen-bond donors (Lipinski definition) is 1. The maximum atomic E-state index is 11.3. The van der Waals surface area contributed by atoms with Gasteiger partial charge in [0.05, 0.1) is 6.04 Å². The van der Waals surface area contributed by atoms with Crippen molar-refractivity contribution in [1.82, 2.24) is 10.3 Å². The first kappa shape index (κ1) is 11.9. The van der Waals surface area contributed by atoms with E-state index in [1.54, 1.807) is 0 Å². The first-order valence-electron chi connectivity index (χ1n) is 6.04. The second-order valence-corrected chi connectivity index (χ2v) is 4.67. The third-order valence-electron chi connectivity index (χ3n) is 2.97. The number of amides is 1. The molecule has 1 unspecified atom stereocenters. The first-order chi connectivity index (χ1) is 8.11. The van der Waals surface area contributed by atoms with Gasteiger partial charge in [0.1, 0.15) is 11.5 Å². The van der Waals surface area contributed by atoms with E-state index >= 15 is 0 Å². The first-order valence-corrected chi connectivity index (χ1v) is 6.04. The topological polar surface area (TPSA) is 55.1 Å². The molecule has 1 heterocycles. The number of carbonyl (C=O) groups is 1. The number of aryl methyl sites for hydroxylation is 1. The minimum Gasteiger partial charge on any atom is -0.445 e. The van der Waals surface area contributed by atoms with Gasteiger partial charge in [-0.1, -0.05) is 20.4 Å². The fraction of sp³-hybridized carbons (Fsp3) is 0.538. The molecule has 0 spiro atoms. The Morgan fingerprint density at radius 3 is 3.06 bits per heavy atom. The van der Waals surface area contributed by atoms with Crippen LogP contribution in [0.5, 0.6) is 0 Å². The third-order valence-corrected chi connectivity index (χ3v) is 2.97. The molecule has 1 aromatic rings. The lowest BCUT2D eigenvalue weighted by Crippen LogP contribution is -2.29. The van der Waals surface area contributed by atoms with Gasteiger partial charge in [-0.05, 0) is 18.9 Å². The zero-order chi connectivity index (χ0) is 12.4. The van der Waals surface area contributed by atoms with Crippen molar-refractivity contribution in [2.75, 3.05) is 0 Å². The molecule has 1 N–H and O–H groups in total. The molecule has 1 atom stereocenters. The molecule has 0 aliphatic heterocycles. The molecule has 0 saturated heterocycles. The number of aromatic nitrogens is 1. The predicted octanol–water partition coefficient (Wildman–Crippen LogP) is 2.48. The molecular weight excluding hydrogens is 216 g/mol. The average molecular weight is 234 g/mol. The van der Waals surface area contributed by atoms with E-state index in [0.29, 0.717) is 0 Å². The number of nitrogens with zero attached hydrogens (tertiary/aromatic N) is 1. The van der Waals surface area contributed by atoms with Crippen molar-refractivity contribution in [2.45, 2.75) is 45.1 Å². The largest absolute Gasteiger partial charge is 0.445 e. The molecule has 1 aromatic heterocycles. The van der Waals surface area contributed by atoms with Crippen LogP contribution in [0.1, 0.15) is 56.0 Å². The number of oxazole rings is 1. The van der Waals surface area contributed by atoms with Crippen LogP contribution in [0.15, 0.2) is 17.1 Å². The van der Waals surface area contributed by atoms with Gasteiger partial charge in [-0.15, -0.1) is 0 Å². The molecule has 92 valence electrons. The highest BCUT2D eigenvalue weighted by Gasteiger charge is 2.27. The Morgan fingerprint density at radius 1 is 1.65 bits per heavy atom. The van der Waals surface area contributed by atoms with Crippen molar-refractivity contribution < 1.29 is 9.21 Å². The number of hydrogen-bond acceptors (Lipinski definition) is 3. The van der Waals surface area contributed by atoms with Gasteiger partial charge in [0.15, 0.2) is 5.89 Å². The maximum absolute atomic E-state index is 11.3. The molecule has 4 heteroatoms. The smallest absolute Gasteiger partial charge is 0.243 e. The van der Waals surface area contributed by atoms with E-state index < -0.39 is 0 Å². The number of fused-ring (bicyclic) bond motifs is 1. The molecule has 0 fully saturated rings. The molecule has 1 amide bonds. The van der Waals surface area contributed by atoms with Gasteiger partial charge in [-0.2, -0.15) is 0 Å². The van der Waals surface area contributed by atoms with Crippen LogP contribution < -0.4 is 5.32 Å². The lowest BCUT2D eigenvalue weighted by Gasteiger charge is -2.20. The number of rotatable bonds is 3. The van der Waals surface area contributed by atoms with Crippen molar-refractivity contribution >= 4 is 5.91 Å². The summed E-state index contributed by atoms with van der Waals surface area (Å²) in [4.78, 5) is 15.8. The summed E-state index contributed by atoms with van der Waals surface area (Å²) < 4.78 is 5.72. The molecule has 0 radical (unpaired) electrons. The molecule has 0 saturated carbocycles. The predicted molar refractivity (Wildman–Crippen MR) is 64.6 cm³/mol. The SMILES string of the molecule is C=CC(=O)NC1CCCc2oc(C(C)C)nc21. The quantitative estimate of drug-likeness (QED) is 0.817. The Labute approximate surface area is 101 Å².